The van der Waals surface area contributed by atoms with Gasteiger partial charge in [-0.1, -0.05) is 32.9 Å². The van der Waals surface area contributed by atoms with Crippen LogP contribution in [0.5, 0.6) is 0 Å². The minimum absolute atomic E-state index is 0.0879. The molecule has 1 amide bonds. The van der Waals surface area contributed by atoms with E-state index >= 15 is 0 Å². The summed E-state index contributed by atoms with van der Waals surface area (Å²) in [6.45, 7) is 9.77. The molecular formula is C16H24N2O5. The van der Waals surface area contributed by atoms with Gasteiger partial charge >= 0.3 is 5.97 Å². The summed E-state index contributed by atoms with van der Waals surface area (Å²) in [4.78, 5) is 24.2. The first-order chi connectivity index (χ1) is 10.7. The van der Waals surface area contributed by atoms with E-state index in [0.29, 0.717) is 12.4 Å². The van der Waals surface area contributed by atoms with Gasteiger partial charge in [0.1, 0.15) is 11.3 Å². The van der Waals surface area contributed by atoms with Gasteiger partial charge in [0.25, 0.3) is 5.91 Å². The summed E-state index contributed by atoms with van der Waals surface area (Å²) in [5.74, 6) is -0.940. The summed E-state index contributed by atoms with van der Waals surface area (Å²) in [5.41, 5.74) is -2.01. The maximum Gasteiger partial charge on any atom is 0.330 e. The number of hydrogen-bond donors (Lipinski definition) is 2. The molecule has 1 aromatic rings. The molecule has 128 valence electrons. The molecule has 0 radical (unpaired) electrons. The molecule has 0 aromatic carbocycles. The van der Waals surface area contributed by atoms with Crippen LogP contribution in [0.15, 0.2) is 10.6 Å². The number of amides is 1. The summed E-state index contributed by atoms with van der Waals surface area (Å²) in [6, 6.07) is 1.54. The standard InChI is InChI=1S/C16H24N2O5/c1-6-22-12-8-16(14(20)21,15(12,4)5)17-13(19)10-7-11(9(2)3)23-18-10/h7,9,12H,6,8H2,1-5H3,(H,17,19)(H,20,21)/t12-,16-/m0/s1. The highest BCUT2D eigenvalue weighted by Gasteiger charge is 2.66. The zero-order valence-corrected chi connectivity index (χ0v) is 14.2. The topological polar surface area (TPSA) is 102 Å². The van der Waals surface area contributed by atoms with E-state index in [0.717, 1.165) is 0 Å². The molecule has 1 aliphatic carbocycles. The average molecular weight is 324 g/mol. The van der Waals surface area contributed by atoms with Crippen LogP contribution >= 0.6 is 0 Å². The third-order valence-electron chi connectivity index (χ3n) is 4.79. The molecule has 7 heteroatoms. The third kappa shape index (κ3) is 2.73. The average Bonchev–Trinajstić information content (AvgIpc) is 2.95. The molecule has 0 bridgehead atoms. The van der Waals surface area contributed by atoms with Gasteiger partial charge in [-0.2, -0.15) is 0 Å². The third-order valence-corrected chi connectivity index (χ3v) is 4.79. The Morgan fingerprint density at radius 3 is 2.61 bits per heavy atom. The Hall–Kier alpha value is -1.89. The summed E-state index contributed by atoms with van der Waals surface area (Å²) in [5, 5.41) is 16.0. The van der Waals surface area contributed by atoms with Crippen molar-refractivity contribution in [2.75, 3.05) is 6.61 Å². The van der Waals surface area contributed by atoms with Crippen LogP contribution in [-0.4, -0.2) is 40.4 Å². The molecule has 2 N–H and O–H groups in total. The summed E-state index contributed by atoms with van der Waals surface area (Å²) in [6.07, 6.45) is 0.0107. The Balaban J connectivity index is 2.20. The lowest BCUT2D eigenvalue weighted by atomic mass is 9.54. The fourth-order valence-corrected chi connectivity index (χ4v) is 2.96. The monoisotopic (exact) mass is 324 g/mol. The molecule has 0 spiro atoms. The minimum atomic E-state index is -1.37. The van der Waals surface area contributed by atoms with Crippen molar-refractivity contribution in [2.45, 2.75) is 58.6 Å². The van der Waals surface area contributed by atoms with Crippen LogP contribution in [0.3, 0.4) is 0 Å². The first-order valence-corrected chi connectivity index (χ1v) is 7.79. The molecule has 0 unspecified atom stereocenters. The van der Waals surface area contributed by atoms with E-state index in [-0.39, 0.29) is 24.1 Å². The van der Waals surface area contributed by atoms with E-state index in [1.165, 1.54) is 0 Å². The number of aliphatic carboxylic acids is 1. The minimum Gasteiger partial charge on any atom is -0.479 e. The highest BCUT2D eigenvalue weighted by Crippen LogP contribution is 2.51. The van der Waals surface area contributed by atoms with E-state index in [4.69, 9.17) is 9.26 Å². The normalized spacial score (nSPS) is 25.9. The quantitative estimate of drug-likeness (QED) is 0.831. The molecule has 7 nitrogen and oxygen atoms in total. The molecule has 2 rings (SSSR count). The number of hydrogen-bond acceptors (Lipinski definition) is 5. The predicted octanol–water partition coefficient (Wildman–Crippen LogP) is 2.19. The van der Waals surface area contributed by atoms with E-state index in [1.54, 1.807) is 19.9 Å². The first kappa shape index (κ1) is 17.5. The maximum absolute atomic E-state index is 12.4. The van der Waals surface area contributed by atoms with Gasteiger partial charge in [-0.05, 0) is 6.92 Å². The van der Waals surface area contributed by atoms with Crippen LogP contribution in [0.4, 0.5) is 0 Å². The number of nitrogens with zero attached hydrogens (tertiary/aromatic N) is 1. The van der Waals surface area contributed by atoms with Gasteiger partial charge in [0.2, 0.25) is 0 Å². The summed E-state index contributed by atoms with van der Waals surface area (Å²) < 4.78 is 10.7. The zero-order chi connectivity index (χ0) is 17.4. The van der Waals surface area contributed by atoms with Gasteiger partial charge in [-0.3, -0.25) is 4.79 Å². The largest absolute Gasteiger partial charge is 0.479 e. The van der Waals surface area contributed by atoms with Crippen LogP contribution in [0.25, 0.3) is 0 Å². The Kier molecular flexibility index (Phi) is 4.52. The molecule has 1 aromatic heterocycles. The number of aromatic nitrogens is 1. The second-order valence-corrected chi connectivity index (χ2v) is 6.80. The predicted molar refractivity (Wildman–Crippen MR) is 82.2 cm³/mol. The van der Waals surface area contributed by atoms with Crippen molar-refractivity contribution in [1.29, 1.82) is 0 Å². The lowest BCUT2D eigenvalue weighted by Crippen LogP contribution is -2.76. The van der Waals surface area contributed by atoms with Gasteiger partial charge in [0.15, 0.2) is 5.69 Å². The van der Waals surface area contributed by atoms with Gasteiger partial charge in [0, 0.05) is 30.4 Å². The molecule has 2 atom stereocenters. The second-order valence-electron chi connectivity index (χ2n) is 6.80. The number of ether oxygens (including phenoxy) is 1. The van der Waals surface area contributed by atoms with Gasteiger partial charge in [0.05, 0.1) is 6.10 Å². The van der Waals surface area contributed by atoms with E-state index in [9.17, 15) is 14.7 Å². The van der Waals surface area contributed by atoms with Gasteiger partial charge < -0.3 is 19.7 Å². The lowest BCUT2D eigenvalue weighted by Gasteiger charge is -2.58. The van der Waals surface area contributed by atoms with E-state index in [1.807, 2.05) is 20.8 Å². The van der Waals surface area contributed by atoms with Crippen LogP contribution in [-0.2, 0) is 9.53 Å². The Bertz CT molecular complexity index is 607. The number of carbonyl (C=O) groups excluding carboxylic acids is 1. The van der Waals surface area contributed by atoms with Crippen molar-refractivity contribution in [1.82, 2.24) is 10.5 Å². The first-order valence-electron chi connectivity index (χ1n) is 7.79. The Morgan fingerprint density at radius 1 is 1.52 bits per heavy atom. The number of carboxylic acids is 1. The summed E-state index contributed by atoms with van der Waals surface area (Å²) in [7, 11) is 0. The highest BCUT2D eigenvalue weighted by molar-refractivity contribution is 5.97. The van der Waals surface area contributed by atoms with Crippen LogP contribution < -0.4 is 5.32 Å². The van der Waals surface area contributed by atoms with Crippen molar-refractivity contribution < 1.29 is 24.0 Å². The van der Waals surface area contributed by atoms with Crippen molar-refractivity contribution in [3.05, 3.63) is 17.5 Å². The van der Waals surface area contributed by atoms with Crippen LogP contribution in [0, 0.1) is 5.41 Å². The molecule has 23 heavy (non-hydrogen) atoms. The van der Waals surface area contributed by atoms with E-state index in [2.05, 4.69) is 10.5 Å². The maximum atomic E-state index is 12.4. The fraction of sp³-hybridized carbons (Fsp3) is 0.688. The number of carbonyl (C=O) groups is 2. The number of carboxylic acid groups (broad SMARTS) is 1. The van der Waals surface area contributed by atoms with Crippen molar-refractivity contribution in [3.8, 4) is 0 Å². The van der Waals surface area contributed by atoms with Gasteiger partial charge in [-0.15, -0.1) is 0 Å². The van der Waals surface area contributed by atoms with Gasteiger partial charge in [-0.25, -0.2) is 4.79 Å². The van der Waals surface area contributed by atoms with Crippen LogP contribution in [0.1, 0.15) is 63.2 Å². The molecule has 1 saturated carbocycles. The summed E-state index contributed by atoms with van der Waals surface area (Å²) >= 11 is 0. The smallest absolute Gasteiger partial charge is 0.330 e. The Labute approximate surface area is 135 Å². The highest BCUT2D eigenvalue weighted by atomic mass is 16.5. The second kappa shape index (κ2) is 5.96. The fourth-order valence-electron chi connectivity index (χ4n) is 2.96. The molecular weight excluding hydrogens is 300 g/mol. The SMILES string of the molecule is CCO[C@H]1C[C@](NC(=O)c2cc(C(C)C)on2)(C(=O)O)C1(C)C. The van der Waals surface area contributed by atoms with E-state index < -0.39 is 22.8 Å². The molecule has 1 fully saturated rings. The Morgan fingerprint density at radius 2 is 2.17 bits per heavy atom. The lowest BCUT2D eigenvalue weighted by molar-refractivity contribution is -0.190. The molecule has 1 aliphatic rings. The number of rotatable bonds is 6. The molecule has 0 aliphatic heterocycles. The molecule has 0 saturated heterocycles. The van der Waals surface area contributed by atoms with Crippen molar-refractivity contribution in [2.24, 2.45) is 5.41 Å². The van der Waals surface area contributed by atoms with Crippen LogP contribution in [0.2, 0.25) is 0 Å². The zero-order valence-electron chi connectivity index (χ0n) is 14.2. The number of nitrogens with one attached hydrogen (secondary N) is 1. The van der Waals surface area contributed by atoms with Crippen molar-refractivity contribution >= 4 is 11.9 Å². The van der Waals surface area contributed by atoms with Crippen molar-refractivity contribution in [3.63, 3.8) is 0 Å². The molecule has 1 heterocycles.